The SMILES string of the molecule is CC(C)(C)OC(=O)C=C(C#N)C#N. The number of nitriles is 2. The van der Waals surface area contributed by atoms with Crippen LogP contribution < -0.4 is 0 Å². The fourth-order valence-corrected chi connectivity index (χ4v) is 0.539. The molecule has 0 rings (SSSR count). The molecule has 0 unspecified atom stereocenters. The van der Waals surface area contributed by atoms with Gasteiger partial charge in [0.1, 0.15) is 23.3 Å². The lowest BCUT2D eigenvalue weighted by Crippen LogP contribution is -2.22. The van der Waals surface area contributed by atoms with Gasteiger partial charge in [-0.3, -0.25) is 0 Å². The highest BCUT2D eigenvalue weighted by molar-refractivity contribution is 5.84. The smallest absolute Gasteiger partial charge is 0.333 e. The zero-order chi connectivity index (χ0) is 10.5. The summed E-state index contributed by atoms with van der Waals surface area (Å²) in [6.07, 6.45) is 0.880. The molecule has 0 heterocycles. The number of allylic oxidation sites excluding steroid dienone is 1. The quantitative estimate of drug-likeness (QED) is 0.344. The maximum Gasteiger partial charge on any atom is 0.333 e. The molecule has 0 aliphatic heterocycles. The number of ether oxygens (including phenoxy) is 1. The van der Waals surface area contributed by atoms with Gasteiger partial charge in [-0.25, -0.2) is 4.79 Å². The van der Waals surface area contributed by atoms with Crippen LogP contribution in [0.1, 0.15) is 20.8 Å². The van der Waals surface area contributed by atoms with Crippen molar-refractivity contribution in [3.8, 4) is 12.1 Å². The summed E-state index contributed by atoms with van der Waals surface area (Å²) in [5, 5.41) is 16.6. The average molecular weight is 178 g/mol. The van der Waals surface area contributed by atoms with Crippen molar-refractivity contribution in [2.45, 2.75) is 26.4 Å². The van der Waals surface area contributed by atoms with Crippen molar-refractivity contribution in [2.75, 3.05) is 0 Å². The first-order chi connectivity index (χ1) is 5.89. The fourth-order valence-electron chi connectivity index (χ4n) is 0.539. The molecule has 4 heteroatoms. The van der Waals surface area contributed by atoms with Crippen LogP contribution in [0, 0.1) is 22.7 Å². The van der Waals surface area contributed by atoms with Gasteiger partial charge in [0, 0.05) is 0 Å². The molecule has 0 amide bonds. The van der Waals surface area contributed by atoms with Crippen molar-refractivity contribution in [1.29, 1.82) is 10.5 Å². The van der Waals surface area contributed by atoms with Crippen LogP contribution in [0.2, 0.25) is 0 Å². The van der Waals surface area contributed by atoms with Gasteiger partial charge in [0.2, 0.25) is 0 Å². The number of carbonyl (C=O) groups excluding carboxylic acids is 1. The summed E-state index contributed by atoms with van der Waals surface area (Å²) in [5.74, 6) is -0.675. The van der Waals surface area contributed by atoms with Crippen molar-refractivity contribution in [3.63, 3.8) is 0 Å². The van der Waals surface area contributed by atoms with Crippen LogP contribution in [0.4, 0.5) is 0 Å². The van der Waals surface area contributed by atoms with Crippen LogP contribution in [0.25, 0.3) is 0 Å². The molecule has 13 heavy (non-hydrogen) atoms. The van der Waals surface area contributed by atoms with E-state index in [2.05, 4.69) is 0 Å². The van der Waals surface area contributed by atoms with E-state index in [1.165, 1.54) is 0 Å². The van der Waals surface area contributed by atoms with Gasteiger partial charge in [0.25, 0.3) is 0 Å². The third-order valence-electron chi connectivity index (χ3n) is 0.910. The molecule has 0 aliphatic rings. The van der Waals surface area contributed by atoms with Crippen molar-refractivity contribution in [2.24, 2.45) is 0 Å². The molecular weight excluding hydrogens is 168 g/mol. The van der Waals surface area contributed by atoms with E-state index < -0.39 is 11.6 Å². The van der Waals surface area contributed by atoms with E-state index in [1.807, 2.05) is 0 Å². The summed E-state index contributed by atoms with van der Waals surface area (Å²) in [6.45, 7) is 5.12. The van der Waals surface area contributed by atoms with Crippen LogP contribution in [0.3, 0.4) is 0 Å². The molecule has 0 aromatic rings. The molecule has 0 saturated carbocycles. The van der Waals surface area contributed by atoms with Gasteiger partial charge < -0.3 is 4.74 Å². The third kappa shape index (κ3) is 5.46. The summed E-state index contributed by atoms with van der Waals surface area (Å²) < 4.78 is 4.85. The molecule has 0 aromatic heterocycles. The van der Waals surface area contributed by atoms with Gasteiger partial charge in [0.15, 0.2) is 0 Å². The first kappa shape index (κ1) is 11.2. The Morgan fingerprint density at radius 1 is 1.31 bits per heavy atom. The molecule has 0 radical (unpaired) electrons. The van der Waals surface area contributed by atoms with Crippen molar-refractivity contribution >= 4 is 5.97 Å². The summed E-state index contributed by atoms with van der Waals surface area (Å²) >= 11 is 0. The topological polar surface area (TPSA) is 73.9 Å². The van der Waals surface area contributed by atoms with Gasteiger partial charge >= 0.3 is 5.97 Å². The lowest BCUT2D eigenvalue weighted by atomic mass is 10.2. The lowest BCUT2D eigenvalue weighted by molar-refractivity contribution is -0.148. The Kier molecular flexibility index (Phi) is 3.68. The summed E-state index contributed by atoms with van der Waals surface area (Å²) in [5.41, 5.74) is -0.863. The molecule has 0 spiro atoms. The first-order valence-corrected chi connectivity index (χ1v) is 3.64. The second-order valence-electron chi connectivity index (χ2n) is 3.32. The average Bonchev–Trinajstić information content (AvgIpc) is 1.96. The fraction of sp³-hybridized carbons (Fsp3) is 0.444. The van der Waals surface area contributed by atoms with E-state index in [0.29, 0.717) is 0 Å². The molecule has 0 fully saturated rings. The zero-order valence-corrected chi connectivity index (χ0v) is 7.79. The Hall–Kier alpha value is -1.81. The number of hydrogen-bond donors (Lipinski definition) is 0. The number of esters is 1. The zero-order valence-electron chi connectivity index (χ0n) is 7.79. The molecule has 0 aliphatic carbocycles. The summed E-state index contributed by atoms with van der Waals surface area (Å²) in [7, 11) is 0. The highest BCUT2D eigenvalue weighted by Gasteiger charge is 2.14. The Morgan fingerprint density at radius 2 is 1.77 bits per heavy atom. The second-order valence-corrected chi connectivity index (χ2v) is 3.32. The van der Waals surface area contributed by atoms with E-state index in [-0.39, 0.29) is 5.57 Å². The molecule has 0 N–H and O–H groups in total. The normalized spacial score (nSPS) is 9.31. The Morgan fingerprint density at radius 3 is 2.08 bits per heavy atom. The summed E-state index contributed by atoms with van der Waals surface area (Å²) in [6, 6.07) is 3.14. The molecule has 0 atom stereocenters. The number of carbonyl (C=O) groups is 1. The first-order valence-electron chi connectivity index (χ1n) is 3.64. The predicted octanol–water partition coefficient (Wildman–Crippen LogP) is 1.30. The van der Waals surface area contributed by atoms with E-state index in [1.54, 1.807) is 32.9 Å². The Labute approximate surface area is 77.0 Å². The standard InChI is InChI=1S/C9H10N2O2/c1-9(2,3)13-8(12)4-7(5-10)6-11/h4H,1-3H3. The van der Waals surface area contributed by atoms with Crippen molar-refractivity contribution < 1.29 is 9.53 Å². The molecule has 0 aromatic carbocycles. The minimum absolute atomic E-state index is 0.255. The van der Waals surface area contributed by atoms with Gasteiger partial charge in [-0.05, 0) is 20.8 Å². The largest absolute Gasteiger partial charge is 0.457 e. The Bertz CT molecular complexity index is 294. The van der Waals surface area contributed by atoms with Crippen molar-refractivity contribution in [1.82, 2.24) is 0 Å². The minimum Gasteiger partial charge on any atom is -0.457 e. The Balaban J connectivity index is 4.44. The van der Waals surface area contributed by atoms with Crippen LogP contribution in [0.5, 0.6) is 0 Å². The third-order valence-corrected chi connectivity index (χ3v) is 0.910. The lowest BCUT2D eigenvalue weighted by Gasteiger charge is -2.17. The van der Waals surface area contributed by atoms with Gasteiger partial charge in [-0.2, -0.15) is 10.5 Å². The molecule has 0 bridgehead atoms. The highest BCUT2D eigenvalue weighted by atomic mass is 16.6. The van der Waals surface area contributed by atoms with Gasteiger partial charge in [-0.15, -0.1) is 0 Å². The van der Waals surface area contributed by atoms with Crippen molar-refractivity contribution in [3.05, 3.63) is 11.6 Å². The predicted molar refractivity (Wildman–Crippen MR) is 45.2 cm³/mol. The number of rotatable bonds is 1. The number of nitrogens with zero attached hydrogens (tertiary/aromatic N) is 2. The molecular formula is C9H10N2O2. The van der Waals surface area contributed by atoms with E-state index in [4.69, 9.17) is 15.3 Å². The van der Waals surface area contributed by atoms with Crippen LogP contribution >= 0.6 is 0 Å². The summed E-state index contributed by atoms with van der Waals surface area (Å²) in [4.78, 5) is 11.0. The molecule has 68 valence electrons. The maximum atomic E-state index is 11.0. The number of hydrogen-bond acceptors (Lipinski definition) is 4. The van der Waals surface area contributed by atoms with Crippen LogP contribution in [-0.4, -0.2) is 11.6 Å². The molecule has 0 saturated heterocycles. The van der Waals surface area contributed by atoms with E-state index >= 15 is 0 Å². The second kappa shape index (κ2) is 4.27. The van der Waals surface area contributed by atoms with Gasteiger partial charge in [0.05, 0.1) is 6.08 Å². The van der Waals surface area contributed by atoms with Crippen LogP contribution in [0.15, 0.2) is 11.6 Å². The monoisotopic (exact) mass is 178 g/mol. The van der Waals surface area contributed by atoms with E-state index in [9.17, 15) is 4.79 Å². The molecule has 4 nitrogen and oxygen atoms in total. The maximum absolute atomic E-state index is 11.0. The van der Waals surface area contributed by atoms with E-state index in [0.717, 1.165) is 6.08 Å². The minimum atomic E-state index is -0.675. The van der Waals surface area contributed by atoms with Crippen LogP contribution in [-0.2, 0) is 9.53 Å². The van der Waals surface area contributed by atoms with Gasteiger partial charge in [-0.1, -0.05) is 0 Å². The highest BCUT2D eigenvalue weighted by Crippen LogP contribution is 2.07.